The van der Waals surface area contributed by atoms with E-state index in [9.17, 15) is 14.7 Å². The van der Waals surface area contributed by atoms with E-state index in [-0.39, 0.29) is 22.0 Å². The molecule has 0 aromatic carbocycles. The van der Waals surface area contributed by atoms with Crippen molar-refractivity contribution in [3.05, 3.63) is 11.1 Å². The number of rotatable bonds is 6. The van der Waals surface area contributed by atoms with Gasteiger partial charge >= 0.3 is 11.9 Å². The van der Waals surface area contributed by atoms with E-state index in [4.69, 9.17) is 4.43 Å². The molecule has 0 radical (unpaired) electrons. The third-order valence-electron chi connectivity index (χ3n) is 3.51. The van der Waals surface area contributed by atoms with Crippen LogP contribution in [0, 0.1) is 11.3 Å². The number of hydrogen-bond donors (Lipinski definition) is 1. The van der Waals surface area contributed by atoms with Gasteiger partial charge < -0.3 is 9.53 Å². The molecular weight excluding hydrogens is 248 g/mol. The van der Waals surface area contributed by atoms with Crippen LogP contribution in [0.1, 0.15) is 47.5 Å². The van der Waals surface area contributed by atoms with Crippen molar-refractivity contribution in [2.75, 3.05) is 0 Å². The number of carbonyl (C=O) groups excluding carboxylic acids is 1. The largest absolute Gasteiger partial charge is 0.528 e. The first-order valence-electron chi connectivity index (χ1n) is 6.31. The molecule has 0 bridgehead atoms. The van der Waals surface area contributed by atoms with Crippen molar-refractivity contribution >= 4 is 22.4 Å². The summed E-state index contributed by atoms with van der Waals surface area (Å²) < 4.78 is 4.91. The predicted molar refractivity (Wildman–Crippen MR) is 74.2 cm³/mol. The number of aliphatic carboxylic acids is 1. The monoisotopic (exact) mass is 272 g/mol. The Labute approximate surface area is 112 Å². The van der Waals surface area contributed by atoms with E-state index in [0.29, 0.717) is 12.8 Å². The van der Waals surface area contributed by atoms with Crippen LogP contribution in [0.5, 0.6) is 0 Å². The Hall–Kier alpha value is -1.10. The summed E-state index contributed by atoms with van der Waals surface area (Å²) in [5, 5.41) is 9.48. The Kier molecular flexibility index (Phi) is 6.32. The lowest BCUT2D eigenvalue weighted by atomic mass is 9.74. The minimum atomic E-state index is -1.05. The highest BCUT2D eigenvalue weighted by atomic mass is 28.2. The molecule has 0 aliphatic carbocycles. The van der Waals surface area contributed by atoms with Crippen LogP contribution in [0.3, 0.4) is 0 Å². The normalized spacial score (nSPS) is 16.1. The highest BCUT2D eigenvalue weighted by Crippen LogP contribution is 2.37. The molecule has 18 heavy (non-hydrogen) atoms. The van der Waals surface area contributed by atoms with Crippen LogP contribution in [0.4, 0.5) is 0 Å². The molecule has 0 aliphatic rings. The van der Waals surface area contributed by atoms with Crippen molar-refractivity contribution in [1.82, 2.24) is 0 Å². The fraction of sp³-hybridized carbons (Fsp3) is 0.692. The summed E-state index contributed by atoms with van der Waals surface area (Å²) in [5.74, 6) is -1.34. The summed E-state index contributed by atoms with van der Waals surface area (Å²) in [7, 11) is 0.278. The fourth-order valence-electron chi connectivity index (χ4n) is 2.25. The van der Waals surface area contributed by atoms with Gasteiger partial charge in [-0.3, -0.25) is 4.79 Å². The van der Waals surface area contributed by atoms with Crippen molar-refractivity contribution in [2.45, 2.75) is 47.5 Å². The minimum absolute atomic E-state index is 0.105. The second-order valence-electron chi connectivity index (χ2n) is 4.89. The molecule has 0 fully saturated rings. The number of carbonyl (C=O) groups is 2. The molecule has 1 unspecified atom stereocenters. The van der Waals surface area contributed by atoms with Crippen LogP contribution in [-0.2, 0) is 14.0 Å². The Bertz CT molecular complexity index is 360. The summed E-state index contributed by atoms with van der Waals surface area (Å²) in [5.41, 5.74) is -0.0225. The molecule has 0 aromatic heterocycles. The summed E-state index contributed by atoms with van der Waals surface area (Å²) >= 11 is 0. The third-order valence-corrected chi connectivity index (χ3v) is 3.88. The smallest absolute Gasteiger partial charge is 0.332 e. The quantitative estimate of drug-likeness (QED) is 0.590. The molecule has 1 N–H and O–H groups in total. The molecule has 5 heteroatoms. The summed E-state index contributed by atoms with van der Waals surface area (Å²) in [6.45, 7) is 9.29. The van der Waals surface area contributed by atoms with Crippen LogP contribution in [-0.4, -0.2) is 27.5 Å². The van der Waals surface area contributed by atoms with Crippen LogP contribution in [0.25, 0.3) is 0 Å². The van der Waals surface area contributed by atoms with Crippen molar-refractivity contribution in [2.24, 2.45) is 11.3 Å². The average Bonchev–Trinajstić information content (AvgIpc) is 2.32. The minimum Gasteiger partial charge on any atom is -0.528 e. The topological polar surface area (TPSA) is 63.6 Å². The molecule has 0 spiro atoms. The van der Waals surface area contributed by atoms with Crippen molar-refractivity contribution in [3.8, 4) is 0 Å². The molecule has 0 saturated carbocycles. The zero-order valence-corrected chi connectivity index (χ0v) is 14.2. The highest BCUT2D eigenvalue weighted by molar-refractivity contribution is 6.08. The molecular formula is C13H24O4Si. The maximum absolute atomic E-state index is 12.0. The van der Waals surface area contributed by atoms with E-state index in [0.717, 1.165) is 5.57 Å². The number of hydrogen-bond acceptors (Lipinski definition) is 3. The van der Waals surface area contributed by atoms with Gasteiger partial charge in [-0.15, -0.1) is 0 Å². The van der Waals surface area contributed by atoms with Gasteiger partial charge in [0.15, 0.2) is 0 Å². The van der Waals surface area contributed by atoms with Crippen LogP contribution in [0.15, 0.2) is 11.1 Å². The summed E-state index contributed by atoms with van der Waals surface area (Å²) in [6, 6.07) is 0. The van der Waals surface area contributed by atoms with Gasteiger partial charge in [-0.05, 0) is 25.7 Å². The van der Waals surface area contributed by atoms with E-state index in [1.54, 1.807) is 6.92 Å². The predicted octanol–water partition coefficient (Wildman–Crippen LogP) is 1.67. The standard InChI is InChI=1S/C13H24O4Si/c1-6-9(8(3)4)10(11(14)15)13(5,7-2)12(16)17-18/h8H,6-7H2,1-5,18H3,(H,14,15). The lowest BCUT2D eigenvalue weighted by molar-refractivity contribution is -0.146. The molecule has 1 atom stereocenters. The highest BCUT2D eigenvalue weighted by Gasteiger charge is 2.41. The van der Waals surface area contributed by atoms with Crippen LogP contribution >= 0.6 is 0 Å². The molecule has 104 valence electrons. The molecule has 0 amide bonds. The Balaban J connectivity index is 6.03. The van der Waals surface area contributed by atoms with Crippen molar-refractivity contribution in [3.63, 3.8) is 0 Å². The van der Waals surface area contributed by atoms with Gasteiger partial charge in [-0.25, -0.2) is 4.79 Å². The van der Waals surface area contributed by atoms with E-state index in [1.165, 1.54) is 0 Å². The summed E-state index contributed by atoms with van der Waals surface area (Å²) in [4.78, 5) is 23.5. The van der Waals surface area contributed by atoms with Gasteiger partial charge in [0, 0.05) is 0 Å². The lowest BCUT2D eigenvalue weighted by Gasteiger charge is -2.29. The SMILES string of the molecule is CCC(=C(C(=O)O)C(C)(CC)C(=O)O[SiH3])C(C)C. The Morgan fingerprint density at radius 2 is 1.83 bits per heavy atom. The van der Waals surface area contributed by atoms with Gasteiger partial charge in [0.1, 0.15) is 0 Å². The Morgan fingerprint density at radius 3 is 2.06 bits per heavy atom. The fourth-order valence-corrected chi connectivity index (χ4v) is 2.70. The first kappa shape index (κ1) is 16.9. The van der Waals surface area contributed by atoms with Gasteiger partial charge in [0.05, 0.1) is 11.0 Å². The zero-order valence-electron chi connectivity index (χ0n) is 12.2. The number of carboxylic acids is 1. The van der Waals surface area contributed by atoms with Crippen LogP contribution < -0.4 is 0 Å². The summed E-state index contributed by atoms with van der Waals surface area (Å²) in [6.07, 6.45) is 1.05. The average molecular weight is 272 g/mol. The second-order valence-corrected chi connectivity index (χ2v) is 5.30. The Morgan fingerprint density at radius 1 is 1.33 bits per heavy atom. The number of carboxylic acid groups (broad SMARTS) is 1. The lowest BCUT2D eigenvalue weighted by Crippen LogP contribution is -2.35. The van der Waals surface area contributed by atoms with E-state index >= 15 is 0 Å². The molecule has 0 rings (SSSR count). The van der Waals surface area contributed by atoms with Crippen molar-refractivity contribution in [1.29, 1.82) is 0 Å². The van der Waals surface area contributed by atoms with E-state index in [1.807, 2.05) is 27.7 Å². The zero-order chi connectivity index (χ0) is 14.5. The number of allylic oxidation sites excluding steroid dienone is 1. The third kappa shape index (κ3) is 3.22. The van der Waals surface area contributed by atoms with E-state index in [2.05, 4.69) is 0 Å². The molecule has 4 nitrogen and oxygen atoms in total. The van der Waals surface area contributed by atoms with Gasteiger partial charge in [0.2, 0.25) is 10.5 Å². The van der Waals surface area contributed by atoms with Crippen LogP contribution in [0.2, 0.25) is 0 Å². The molecule has 0 aliphatic heterocycles. The molecule has 0 heterocycles. The van der Waals surface area contributed by atoms with Gasteiger partial charge in [0.25, 0.3) is 0 Å². The first-order chi connectivity index (χ1) is 8.26. The first-order valence-corrected chi connectivity index (χ1v) is 7.13. The maximum atomic E-state index is 12.0. The van der Waals surface area contributed by atoms with Gasteiger partial charge in [-0.2, -0.15) is 0 Å². The van der Waals surface area contributed by atoms with Gasteiger partial charge in [-0.1, -0.05) is 33.3 Å². The molecule has 0 saturated heterocycles. The van der Waals surface area contributed by atoms with Crippen molar-refractivity contribution < 1.29 is 19.1 Å². The molecule has 0 aromatic rings. The maximum Gasteiger partial charge on any atom is 0.332 e. The second kappa shape index (κ2) is 6.73. The van der Waals surface area contributed by atoms with E-state index < -0.39 is 17.4 Å².